The minimum absolute atomic E-state index is 0.0544. The number of aliphatic imine (C=N–C) groups is 2. The Morgan fingerprint density at radius 2 is 1.90 bits per heavy atom. The summed E-state index contributed by atoms with van der Waals surface area (Å²) in [5.74, 6) is 0.648. The van der Waals surface area contributed by atoms with E-state index < -0.39 is 17.8 Å². The van der Waals surface area contributed by atoms with E-state index in [2.05, 4.69) is 60.8 Å². The molecular formula is C34H44F3N3O. The van der Waals surface area contributed by atoms with Gasteiger partial charge in [0.2, 0.25) is 0 Å². The number of hydrogen-bond donors (Lipinski definition) is 0. The molecule has 0 aromatic heterocycles. The Hall–Kier alpha value is -2.51. The number of ether oxygens (including phenoxy) is 1. The molecule has 0 saturated carbocycles. The van der Waals surface area contributed by atoms with Gasteiger partial charge < -0.3 is 4.74 Å². The number of piperidine rings is 1. The highest BCUT2D eigenvalue weighted by Gasteiger charge is 2.41. The molecule has 0 N–H and O–H groups in total. The Kier molecular flexibility index (Phi) is 9.34. The van der Waals surface area contributed by atoms with Crippen LogP contribution in [0, 0.1) is 12.8 Å². The highest BCUT2D eigenvalue weighted by Crippen LogP contribution is 2.41. The monoisotopic (exact) mass is 567 g/mol. The third kappa shape index (κ3) is 6.61. The molecule has 3 heterocycles. The summed E-state index contributed by atoms with van der Waals surface area (Å²) < 4.78 is 48.8. The lowest BCUT2D eigenvalue weighted by Crippen LogP contribution is -2.41. The van der Waals surface area contributed by atoms with E-state index in [1.54, 1.807) is 0 Å². The van der Waals surface area contributed by atoms with Crippen LogP contribution in [0.4, 0.5) is 13.2 Å². The predicted molar refractivity (Wildman–Crippen MR) is 162 cm³/mol. The Bertz CT molecular complexity index is 1260. The van der Waals surface area contributed by atoms with Gasteiger partial charge in [-0.05, 0) is 110 Å². The first-order valence-electron chi connectivity index (χ1n) is 15.4. The number of nitrogens with zero attached hydrogens (tertiary/aromatic N) is 3. The quantitative estimate of drug-likeness (QED) is 0.333. The third-order valence-corrected chi connectivity index (χ3v) is 9.17. The average molecular weight is 568 g/mol. The first-order valence-corrected chi connectivity index (χ1v) is 15.4. The molecule has 4 aliphatic rings. The lowest BCUT2D eigenvalue weighted by molar-refractivity contribution is -0.0863. The summed E-state index contributed by atoms with van der Waals surface area (Å²) in [6.45, 7) is 12.5. The molecule has 222 valence electrons. The molecule has 5 rings (SSSR count). The third-order valence-electron chi connectivity index (χ3n) is 9.17. The molecule has 2 atom stereocenters. The van der Waals surface area contributed by atoms with Crippen LogP contribution in [0.3, 0.4) is 0 Å². The van der Waals surface area contributed by atoms with Crippen LogP contribution < -0.4 is 0 Å². The van der Waals surface area contributed by atoms with Gasteiger partial charge in [-0.2, -0.15) is 13.2 Å². The van der Waals surface area contributed by atoms with Gasteiger partial charge in [-0.3, -0.25) is 9.89 Å². The van der Waals surface area contributed by atoms with E-state index in [0.717, 1.165) is 69.6 Å². The molecule has 0 amide bonds. The van der Waals surface area contributed by atoms with Crippen molar-refractivity contribution in [2.75, 3.05) is 26.3 Å². The maximum Gasteiger partial charge on any atom is 0.418 e. The summed E-state index contributed by atoms with van der Waals surface area (Å²) in [6.07, 6.45) is 6.30. The lowest BCUT2D eigenvalue weighted by atomic mass is 9.79. The molecule has 0 bridgehead atoms. The van der Waals surface area contributed by atoms with Crippen molar-refractivity contribution >= 4 is 17.6 Å². The summed E-state index contributed by atoms with van der Waals surface area (Å²) in [5, 5.41) is 0. The van der Waals surface area contributed by atoms with E-state index in [-0.39, 0.29) is 11.6 Å². The zero-order valence-electron chi connectivity index (χ0n) is 24.9. The van der Waals surface area contributed by atoms with E-state index >= 15 is 0 Å². The van der Waals surface area contributed by atoms with Crippen molar-refractivity contribution in [3.63, 3.8) is 0 Å². The molecule has 0 spiro atoms. The molecule has 1 aromatic carbocycles. The van der Waals surface area contributed by atoms with Crippen LogP contribution in [0.25, 0.3) is 5.57 Å². The van der Waals surface area contributed by atoms with Crippen LogP contribution >= 0.6 is 0 Å². The molecule has 3 aliphatic heterocycles. The minimum atomic E-state index is -4.49. The largest absolute Gasteiger partial charge is 0.418 e. The first kappa shape index (κ1) is 30.0. The molecule has 2 saturated heterocycles. The number of alkyl halides is 3. The smallest absolute Gasteiger partial charge is 0.380 e. The Balaban J connectivity index is 1.53. The van der Waals surface area contributed by atoms with Gasteiger partial charge in [0.25, 0.3) is 0 Å². The minimum Gasteiger partial charge on any atom is -0.380 e. The van der Waals surface area contributed by atoms with Gasteiger partial charge in [0, 0.05) is 12.6 Å². The molecule has 0 radical (unpaired) electrons. The summed E-state index contributed by atoms with van der Waals surface area (Å²) in [5.41, 5.74) is 5.97. The van der Waals surface area contributed by atoms with Crippen LogP contribution in [-0.4, -0.2) is 61.5 Å². The zero-order chi connectivity index (χ0) is 29.1. The number of allylic oxidation sites excluding steroid dienone is 5. The number of rotatable bonds is 7. The van der Waals surface area contributed by atoms with Crippen molar-refractivity contribution in [3.05, 3.63) is 63.8 Å². The molecule has 2 unspecified atom stereocenters. The zero-order valence-corrected chi connectivity index (χ0v) is 24.9. The van der Waals surface area contributed by atoms with Crippen molar-refractivity contribution < 1.29 is 17.9 Å². The fourth-order valence-electron chi connectivity index (χ4n) is 7.01. The van der Waals surface area contributed by atoms with E-state index in [4.69, 9.17) is 4.74 Å². The van der Waals surface area contributed by atoms with Crippen LogP contribution in [-0.2, 0) is 4.74 Å². The summed E-state index contributed by atoms with van der Waals surface area (Å²) >= 11 is 0. The van der Waals surface area contributed by atoms with E-state index in [0.29, 0.717) is 30.4 Å². The summed E-state index contributed by atoms with van der Waals surface area (Å²) in [7, 11) is 0. The number of halogens is 3. The van der Waals surface area contributed by atoms with Crippen molar-refractivity contribution in [3.8, 4) is 0 Å². The molecule has 41 heavy (non-hydrogen) atoms. The first-order chi connectivity index (χ1) is 19.7. The van der Waals surface area contributed by atoms with Crippen molar-refractivity contribution in [1.82, 2.24) is 4.90 Å². The standard InChI is InChI=1S/C34H44F3N3O/c1-5-7-28(26-8-6-9-31-33(39-21-38-31)30(19-26)34(35,36)37)32(22(2)3)29-18-25(11-10-23(29)4)24-12-15-40(16-13-24)27-14-17-41-20-27/h8,10-11,18-19,21-22,24,27,31H,5-7,9,12-17,20H2,1-4H3/b26-8?,30-19?,32-28+. The summed E-state index contributed by atoms with van der Waals surface area (Å²) in [4.78, 5) is 10.9. The maximum atomic E-state index is 14.4. The van der Waals surface area contributed by atoms with Gasteiger partial charge in [-0.1, -0.05) is 51.5 Å². The van der Waals surface area contributed by atoms with E-state index in [9.17, 15) is 13.2 Å². The van der Waals surface area contributed by atoms with Crippen LogP contribution in [0.15, 0.2) is 57.1 Å². The lowest BCUT2D eigenvalue weighted by Gasteiger charge is -2.36. The Morgan fingerprint density at radius 3 is 2.56 bits per heavy atom. The fourth-order valence-corrected chi connectivity index (χ4v) is 7.01. The van der Waals surface area contributed by atoms with E-state index in [1.807, 2.05) is 6.08 Å². The van der Waals surface area contributed by atoms with Gasteiger partial charge in [-0.15, -0.1) is 0 Å². The molecule has 1 aliphatic carbocycles. The van der Waals surface area contributed by atoms with E-state index in [1.165, 1.54) is 29.1 Å². The van der Waals surface area contributed by atoms with Crippen LogP contribution in [0.1, 0.15) is 88.3 Å². The van der Waals surface area contributed by atoms with Crippen LogP contribution in [0.2, 0.25) is 0 Å². The van der Waals surface area contributed by atoms with Crippen molar-refractivity contribution in [2.45, 2.75) is 96.8 Å². The number of likely N-dealkylation sites (tertiary alicyclic amines) is 1. The Labute approximate surface area is 243 Å². The fraction of sp³-hybridized carbons (Fsp3) is 0.588. The van der Waals surface area contributed by atoms with Crippen LogP contribution in [0.5, 0.6) is 0 Å². The van der Waals surface area contributed by atoms with Gasteiger partial charge in [0.1, 0.15) is 6.34 Å². The number of aryl methyl sites for hydroxylation is 1. The van der Waals surface area contributed by atoms with Gasteiger partial charge in [0.15, 0.2) is 0 Å². The number of hydrogen-bond acceptors (Lipinski definition) is 4. The van der Waals surface area contributed by atoms with Crippen molar-refractivity contribution in [1.29, 1.82) is 0 Å². The number of fused-ring (bicyclic) bond motifs is 1. The average Bonchev–Trinajstić information content (AvgIpc) is 3.62. The SMILES string of the molecule is CCC/C(C1=CCCC2N=CN=C2C(C(F)(F)F)=C1)=C(\c1cc(C2CCN(C3CCOC3)CC2)ccc1C)C(C)C. The molecule has 4 nitrogen and oxygen atoms in total. The molecule has 7 heteroatoms. The molecule has 1 aromatic rings. The second-order valence-corrected chi connectivity index (χ2v) is 12.3. The topological polar surface area (TPSA) is 37.2 Å². The van der Waals surface area contributed by atoms with Crippen molar-refractivity contribution in [2.24, 2.45) is 15.9 Å². The Morgan fingerprint density at radius 1 is 1.12 bits per heavy atom. The summed E-state index contributed by atoms with van der Waals surface area (Å²) in [6, 6.07) is 6.87. The molecule has 2 fully saturated rings. The van der Waals surface area contributed by atoms with Gasteiger partial charge in [0.05, 0.1) is 23.9 Å². The predicted octanol–water partition coefficient (Wildman–Crippen LogP) is 8.23. The normalized spacial score (nSPS) is 24.9. The number of benzene rings is 1. The second-order valence-electron chi connectivity index (χ2n) is 12.3. The highest BCUT2D eigenvalue weighted by atomic mass is 19.4. The van der Waals surface area contributed by atoms with Gasteiger partial charge >= 0.3 is 6.18 Å². The molecular weight excluding hydrogens is 523 g/mol. The maximum absolute atomic E-state index is 14.4. The van der Waals surface area contributed by atoms with Gasteiger partial charge in [-0.25, -0.2) is 4.99 Å². The highest BCUT2D eigenvalue weighted by molar-refractivity contribution is 6.11. The second kappa shape index (κ2) is 12.8.